The Hall–Kier alpha value is -1.32. The van der Waals surface area contributed by atoms with Crippen LogP contribution in [0.25, 0.3) is 11.0 Å². The van der Waals surface area contributed by atoms with Crippen molar-refractivity contribution in [2.45, 2.75) is 44.7 Å². The van der Waals surface area contributed by atoms with Crippen molar-refractivity contribution in [3.8, 4) is 0 Å². The number of hydrogen-bond acceptors (Lipinski definition) is 3. The zero-order valence-electron chi connectivity index (χ0n) is 13.4. The zero-order chi connectivity index (χ0) is 14.9. The van der Waals surface area contributed by atoms with Crippen LogP contribution in [0.15, 0.2) is 34.7 Å². The minimum absolute atomic E-state index is 0.0964. The van der Waals surface area contributed by atoms with E-state index in [1.807, 2.05) is 19.2 Å². The number of furan rings is 1. The Morgan fingerprint density at radius 3 is 2.62 bits per heavy atom. The van der Waals surface area contributed by atoms with E-state index in [2.05, 4.69) is 42.3 Å². The third kappa shape index (κ3) is 2.49. The first kappa shape index (κ1) is 14.6. The molecular weight excluding hydrogens is 260 g/mol. The van der Waals surface area contributed by atoms with Gasteiger partial charge in [-0.15, -0.1) is 0 Å². The van der Waals surface area contributed by atoms with Crippen LogP contribution in [0.5, 0.6) is 0 Å². The number of para-hydroxylation sites is 1. The highest BCUT2D eigenvalue weighted by atomic mass is 16.3. The van der Waals surface area contributed by atoms with Crippen LogP contribution < -0.4 is 5.32 Å². The van der Waals surface area contributed by atoms with E-state index in [1.54, 1.807) is 0 Å². The van der Waals surface area contributed by atoms with E-state index in [0.717, 1.165) is 17.8 Å². The van der Waals surface area contributed by atoms with E-state index in [1.165, 1.54) is 31.3 Å². The van der Waals surface area contributed by atoms with Gasteiger partial charge in [-0.3, -0.25) is 4.90 Å². The number of hydrogen-bond donors (Lipinski definition) is 1. The lowest BCUT2D eigenvalue weighted by atomic mass is 9.86. The maximum absolute atomic E-state index is 6.14. The molecule has 1 aliphatic rings. The van der Waals surface area contributed by atoms with Crippen LogP contribution in [-0.2, 0) is 0 Å². The number of nitrogens with zero attached hydrogens (tertiary/aromatic N) is 1. The smallest absolute Gasteiger partial charge is 0.134 e. The second-order valence-electron chi connectivity index (χ2n) is 6.31. The molecule has 0 aliphatic carbocycles. The summed E-state index contributed by atoms with van der Waals surface area (Å²) < 4.78 is 6.14. The van der Waals surface area contributed by atoms with E-state index >= 15 is 0 Å². The SMILES string of the molecule is CCC(C)(C(NC)c1cc2ccccc2o1)N1CCCC1. The standard InChI is InChI=1S/C18H26N2O/c1-4-18(2,20-11-7-8-12-20)17(19-3)16-13-14-9-5-6-10-15(14)21-16/h5-6,9-10,13,17,19H,4,7-8,11-12H2,1-3H3. The Labute approximate surface area is 127 Å². The number of rotatable bonds is 5. The van der Waals surface area contributed by atoms with Crippen molar-refractivity contribution < 1.29 is 4.42 Å². The number of nitrogens with one attached hydrogen (secondary N) is 1. The Balaban J connectivity index is 1.98. The Morgan fingerprint density at radius 1 is 1.29 bits per heavy atom. The van der Waals surface area contributed by atoms with Crippen LogP contribution in [-0.4, -0.2) is 30.6 Å². The van der Waals surface area contributed by atoms with Gasteiger partial charge in [0.15, 0.2) is 0 Å². The Bertz CT molecular complexity index is 567. The van der Waals surface area contributed by atoms with Gasteiger partial charge in [0.05, 0.1) is 6.04 Å². The summed E-state index contributed by atoms with van der Waals surface area (Å²) in [6.07, 6.45) is 3.73. The van der Waals surface area contributed by atoms with E-state index < -0.39 is 0 Å². The number of likely N-dealkylation sites (tertiary alicyclic amines) is 1. The molecule has 21 heavy (non-hydrogen) atoms. The van der Waals surface area contributed by atoms with Crippen LogP contribution in [0.2, 0.25) is 0 Å². The molecule has 3 heteroatoms. The predicted molar refractivity (Wildman–Crippen MR) is 87.5 cm³/mol. The fourth-order valence-electron chi connectivity index (χ4n) is 3.74. The second kappa shape index (κ2) is 5.82. The molecule has 0 amide bonds. The highest BCUT2D eigenvalue weighted by molar-refractivity contribution is 5.77. The minimum Gasteiger partial charge on any atom is -0.459 e. The zero-order valence-corrected chi connectivity index (χ0v) is 13.4. The van der Waals surface area contributed by atoms with Crippen LogP contribution in [0.1, 0.15) is 44.9 Å². The fraction of sp³-hybridized carbons (Fsp3) is 0.556. The van der Waals surface area contributed by atoms with Gasteiger partial charge < -0.3 is 9.73 Å². The van der Waals surface area contributed by atoms with Gasteiger partial charge in [0.25, 0.3) is 0 Å². The average molecular weight is 286 g/mol. The topological polar surface area (TPSA) is 28.4 Å². The highest BCUT2D eigenvalue weighted by Gasteiger charge is 2.41. The van der Waals surface area contributed by atoms with Crippen LogP contribution in [0.3, 0.4) is 0 Å². The monoisotopic (exact) mass is 286 g/mol. The van der Waals surface area contributed by atoms with Crippen LogP contribution in [0.4, 0.5) is 0 Å². The summed E-state index contributed by atoms with van der Waals surface area (Å²) in [5.41, 5.74) is 1.08. The van der Waals surface area contributed by atoms with Crippen molar-refractivity contribution in [1.82, 2.24) is 10.2 Å². The minimum atomic E-state index is 0.0964. The summed E-state index contributed by atoms with van der Waals surface area (Å²) in [7, 11) is 2.04. The lowest BCUT2D eigenvalue weighted by Crippen LogP contribution is -2.52. The summed E-state index contributed by atoms with van der Waals surface area (Å²) in [5.74, 6) is 1.05. The molecule has 3 rings (SSSR count). The molecule has 0 bridgehead atoms. The largest absolute Gasteiger partial charge is 0.459 e. The van der Waals surface area contributed by atoms with Gasteiger partial charge in [-0.2, -0.15) is 0 Å². The van der Waals surface area contributed by atoms with Gasteiger partial charge in [-0.1, -0.05) is 25.1 Å². The third-order valence-electron chi connectivity index (χ3n) is 5.18. The lowest BCUT2D eigenvalue weighted by Gasteiger charge is -2.43. The number of likely N-dealkylation sites (N-methyl/N-ethyl adjacent to an activating group) is 1. The van der Waals surface area contributed by atoms with Crippen molar-refractivity contribution in [2.75, 3.05) is 20.1 Å². The van der Waals surface area contributed by atoms with E-state index in [0.29, 0.717) is 0 Å². The van der Waals surface area contributed by atoms with E-state index in [4.69, 9.17) is 4.42 Å². The van der Waals surface area contributed by atoms with Gasteiger partial charge in [-0.05, 0) is 58.5 Å². The summed E-state index contributed by atoms with van der Waals surface area (Å²) in [5, 5.41) is 4.70. The first-order valence-electron chi connectivity index (χ1n) is 8.10. The molecule has 1 aromatic heterocycles. The molecule has 1 fully saturated rings. The van der Waals surface area contributed by atoms with Crippen LogP contribution in [0, 0.1) is 0 Å². The fourth-order valence-corrected chi connectivity index (χ4v) is 3.74. The molecule has 114 valence electrons. The quantitative estimate of drug-likeness (QED) is 0.902. The Kier molecular flexibility index (Phi) is 4.05. The second-order valence-corrected chi connectivity index (χ2v) is 6.31. The van der Waals surface area contributed by atoms with Crippen LogP contribution >= 0.6 is 0 Å². The molecule has 0 radical (unpaired) electrons. The van der Waals surface area contributed by atoms with Crippen molar-refractivity contribution in [1.29, 1.82) is 0 Å². The van der Waals surface area contributed by atoms with Gasteiger partial charge in [0, 0.05) is 10.9 Å². The maximum Gasteiger partial charge on any atom is 0.134 e. The van der Waals surface area contributed by atoms with Crippen molar-refractivity contribution in [2.24, 2.45) is 0 Å². The Morgan fingerprint density at radius 2 is 2.00 bits per heavy atom. The molecule has 0 saturated carbocycles. The average Bonchev–Trinajstić information content (AvgIpc) is 3.17. The predicted octanol–water partition coefficient (Wildman–Crippen LogP) is 3.96. The summed E-state index contributed by atoms with van der Waals surface area (Å²) >= 11 is 0. The van der Waals surface area contributed by atoms with E-state index in [-0.39, 0.29) is 11.6 Å². The molecule has 0 spiro atoms. The molecule has 2 unspecified atom stereocenters. The normalized spacial score (nSPS) is 20.7. The molecule has 1 aromatic carbocycles. The molecule has 3 nitrogen and oxygen atoms in total. The summed E-state index contributed by atoms with van der Waals surface area (Å²) in [6.45, 7) is 7.05. The molecule has 2 atom stereocenters. The van der Waals surface area contributed by atoms with Gasteiger partial charge >= 0.3 is 0 Å². The van der Waals surface area contributed by atoms with E-state index in [9.17, 15) is 0 Å². The molecule has 1 N–H and O–H groups in total. The number of fused-ring (bicyclic) bond motifs is 1. The highest BCUT2D eigenvalue weighted by Crippen LogP contribution is 2.38. The van der Waals surface area contributed by atoms with Gasteiger partial charge in [0.2, 0.25) is 0 Å². The molecule has 2 heterocycles. The first-order chi connectivity index (χ1) is 10.2. The molecule has 2 aromatic rings. The number of benzene rings is 1. The van der Waals surface area contributed by atoms with Gasteiger partial charge in [0.1, 0.15) is 11.3 Å². The van der Waals surface area contributed by atoms with Crippen molar-refractivity contribution in [3.63, 3.8) is 0 Å². The summed E-state index contributed by atoms with van der Waals surface area (Å²) in [6, 6.07) is 10.7. The molecule has 1 saturated heterocycles. The first-order valence-corrected chi connectivity index (χ1v) is 8.10. The maximum atomic E-state index is 6.14. The van der Waals surface area contributed by atoms with Gasteiger partial charge in [-0.25, -0.2) is 0 Å². The van der Waals surface area contributed by atoms with Crippen molar-refractivity contribution >= 4 is 11.0 Å². The third-order valence-corrected chi connectivity index (χ3v) is 5.18. The lowest BCUT2D eigenvalue weighted by molar-refractivity contribution is 0.0787. The molecular formula is C18H26N2O. The summed E-state index contributed by atoms with van der Waals surface area (Å²) in [4.78, 5) is 2.63. The van der Waals surface area contributed by atoms with Crippen molar-refractivity contribution in [3.05, 3.63) is 36.1 Å². The molecule has 1 aliphatic heterocycles.